The number of amides is 1. The molecule has 3 aromatic rings. The highest BCUT2D eigenvalue weighted by Crippen LogP contribution is 2.28. The van der Waals surface area contributed by atoms with E-state index in [0.29, 0.717) is 26.3 Å². The van der Waals surface area contributed by atoms with Crippen LogP contribution in [0, 0.1) is 6.92 Å². The molecule has 0 aliphatic rings. The number of nitrogens with one attached hydrogen (secondary N) is 1. The van der Waals surface area contributed by atoms with Gasteiger partial charge >= 0.3 is 0 Å². The highest BCUT2D eigenvalue weighted by Gasteiger charge is 2.18. The molecular formula is C16H11Cl2N3OS. The lowest BCUT2D eigenvalue weighted by Gasteiger charge is -2.07. The third-order valence-corrected chi connectivity index (χ3v) is 4.47. The zero-order valence-corrected chi connectivity index (χ0v) is 14.3. The van der Waals surface area contributed by atoms with Gasteiger partial charge in [-0.15, -0.1) is 5.10 Å². The average molecular weight is 364 g/mol. The van der Waals surface area contributed by atoms with Crippen molar-refractivity contribution in [3.63, 3.8) is 0 Å². The van der Waals surface area contributed by atoms with Crippen molar-refractivity contribution in [1.82, 2.24) is 9.59 Å². The lowest BCUT2D eigenvalue weighted by atomic mass is 10.1. The molecule has 0 spiro atoms. The van der Waals surface area contributed by atoms with Crippen LogP contribution in [0.15, 0.2) is 42.5 Å². The van der Waals surface area contributed by atoms with Crippen molar-refractivity contribution >= 4 is 46.3 Å². The number of nitrogens with zero attached hydrogens (tertiary/aromatic N) is 2. The molecule has 116 valence electrons. The minimum absolute atomic E-state index is 0.306. The maximum atomic E-state index is 12.5. The van der Waals surface area contributed by atoms with Crippen LogP contribution in [-0.4, -0.2) is 15.5 Å². The van der Waals surface area contributed by atoms with E-state index in [-0.39, 0.29) is 5.91 Å². The van der Waals surface area contributed by atoms with Gasteiger partial charge in [-0.3, -0.25) is 4.79 Å². The van der Waals surface area contributed by atoms with Gasteiger partial charge in [0.2, 0.25) is 0 Å². The second-order valence-electron chi connectivity index (χ2n) is 4.89. The number of aromatic nitrogens is 2. The van der Waals surface area contributed by atoms with Crippen LogP contribution in [-0.2, 0) is 0 Å². The van der Waals surface area contributed by atoms with Gasteiger partial charge in [-0.2, -0.15) is 0 Å². The van der Waals surface area contributed by atoms with Crippen LogP contribution in [0.1, 0.15) is 15.2 Å². The third kappa shape index (κ3) is 3.52. The van der Waals surface area contributed by atoms with Gasteiger partial charge < -0.3 is 5.32 Å². The standard InChI is InChI=1S/C16H11Cl2N3OS/c1-9-2-4-10(5-3-9)14-15(23-21-20-14)16(22)19-13-7-6-11(17)8-12(13)18/h2-8H,1H3,(H,19,22). The van der Waals surface area contributed by atoms with Crippen LogP contribution in [0.2, 0.25) is 10.0 Å². The molecule has 0 fully saturated rings. The fourth-order valence-electron chi connectivity index (χ4n) is 2.01. The van der Waals surface area contributed by atoms with E-state index in [1.807, 2.05) is 31.2 Å². The van der Waals surface area contributed by atoms with E-state index >= 15 is 0 Å². The normalized spacial score (nSPS) is 10.6. The summed E-state index contributed by atoms with van der Waals surface area (Å²) in [5, 5.41) is 7.71. The first-order chi connectivity index (χ1) is 11.0. The second-order valence-corrected chi connectivity index (χ2v) is 6.49. The molecular weight excluding hydrogens is 353 g/mol. The molecule has 4 nitrogen and oxygen atoms in total. The van der Waals surface area contributed by atoms with E-state index in [1.165, 1.54) is 0 Å². The number of hydrogen-bond donors (Lipinski definition) is 1. The van der Waals surface area contributed by atoms with Gasteiger partial charge in [-0.05, 0) is 36.7 Å². The van der Waals surface area contributed by atoms with Gasteiger partial charge in [0.05, 0.1) is 10.7 Å². The summed E-state index contributed by atoms with van der Waals surface area (Å²) < 4.78 is 3.90. The smallest absolute Gasteiger partial charge is 0.269 e. The van der Waals surface area contributed by atoms with E-state index in [4.69, 9.17) is 23.2 Å². The number of carbonyl (C=O) groups excluding carboxylic acids is 1. The molecule has 0 unspecified atom stereocenters. The van der Waals surface area contributed by atoms with Gasteiger partial charge in [0.15, 0.2) is 0 Å². The Balaban J connectivity index is 1.89. The summed E-state index contributed by atoms with van der Waals surface area (Å²) in [5.41, 5.74) is 3.02. The van der Waals surface area contributed by atoms with Crippen molar-refractivity contribution in [2.24, 2.45) is 0 Å². The lowest BCUT2D eigenvalue weighted by molar-refractivity contribution is 0.103. The molecule has 0 saturated carbocycles. The molecule has 1 N–H and O–H groups in total. The predicted octanol–water partition coefficient (Wildman–Crippen LogP) is 5.07. The molecule has 0 aliphatic heterocycles. The Bertz CT molecular complexity index is 862. The van der Waals surface area contributed by atoms with Crippen LogP contribution in [0.5, 0.6) is 0 Å². The Labute approximate surface area is 147 Å². The van der Waals surface area contributed by atoms with Crippen LogP contribution >= 0.6 is 34.7 Å². The molecule has 3 rings (SSSR count). The number of halogens is 2. The average Bonchev–Trinajstić information content (AvgIpc) is 3.00. The summed E-state index contributed by atoms with van der Waals surface area (Å²) in [4.78, 5) is 12.9. The van der Waals surface area contributed by atoms with Crippen molar-refractivity contribution in [2.75, 3.05) is 5.32 Å². The zero-order chi connectivity index (χ0) is 16.4. The minimum Gasteiger partial charge on any atom is -0.320 e. The molecule has 0 aliphatic carbocycles. The predicted molar refractivity (Wildman–Crippen MR) is 94.5 cm³/mol. The molecule has 1 amide bonds. The van der Waals surface area contributed by atoms with E-state index in [2.05, 4.69) is 14.9 Å². The molecule has 0 atom stereocenters. The summed E-state index contributed by atoms with van der Waals surface area (Å²) in [6.45, 7) is 2.00. The fourth-order valence-corrected chi connectivity index (χ4v) is 3.05. The van der Waals surface area contributed by atoms with Crippen LogP contribution < -0.4 is 5.32 Å². The monoisotopic (exact) mass is 363 g/mol. The topological polar surface area (TPSA) is 54.9 Å². The van der Waals surface area contributed by atoms with Gasteiger partial charge in [0.25, 0.3) is 5.91 Å². The van der Waals surface area contributed by atoms with Crippen molar-refractivity contribution in [1.29, 1.82) is 0 Å². The Morgan fingerprint density at radius 1 is 1.13 bits per heavy atom. The Kier molecular flexibility index (Phi) is 4.61. The van der Waals surface area contributed by atoms with E-state index in [0.717, 1.165) is 22.7 Å². The van der Waals surface area contributed by atoms with E-state index < -0.39 is 0 Å². The SMILES string of the molecule is Cc1ccc(-c2nnsc2C(=O)Nc2ccc(Cl)cc2Cl)cc1. The number of aryl methyl sites for hydroxylation is 1. The van der Waals surface area contributed by atoms with Gasteiger partial charge in [-0.25, -0.2) is 0 Å². The Morgan fingerprint density at radius 3 is 2.57 bits per heavy atom. The minimum atomic E-state index is -0.306. The van der Waals surface area contributed by atoms with Crippen molar-refractivity contribution in [3.8, 4) is 11.3 Å². The zero-order valence-electron chi connectivity index (χ0n) is 12.0. The summed E-state index contributed by atoms with van der Waals surface area (Å²) in [5.74, 6) is -0.306. The van der Waals surface area contributed by atoms with Gasteiger partial charge in [0.1, 0.15) is 10.6 Å². The first-order valence-electron chi connectivity index (χ1n) is 6.70. The van der Waals surface area contributed by atoms with Gasteiger partial charge in [0, 0.05) is 10.6 Å². The van der Waals surface area contributed by atoms with Crippen molar-refractivity contribution in [3.05, 3.63) is 63.0 Å². The van der Waals surface area contributed by atoms with Crippen LogP contribution in [0.3, 0.4) is 0 Å². The van der Waals surface area contributed by atoms with E-state index in [1.54, 1.807) is 18.2 Å². The fraction of sp³-hybridized carbons (Fsp3) is 0.0625. The van der Waals surface area contributed by atoms with Crippen molar-refractivity contribution < 1.29 is 4.79 Å². The lowest BCUT2D eigenvalue weighted by Crippen LogP contribution is -2.11. The first kappa shape index (κ1) is 15.9. The number of rotatable bonds is 3. The summed E-state index contributed by atoms with van der Waals surface area (Å²) >= 11 is 13.0. The largest absolute Gasteiger partial charge is 0.320 e. The van der Waals surface area contributed by atoms with Crippen molar-refractivity contribution in [2.45, 2.75) is 6.92 Å². The number of carbonyl (C=O) groups is 1. The summed E-state index contributed by atoms with van der Waals surface area (Å²) in [7, 11) is 0. The van der Waals surface area contributed by atoms with Crippen LogP contribution in [0.25, 0.3) is 11.3 Å². The first-order valence-corrected chi connectivity index (χ1v) is 8.23. The maximum Gasteiger partial charge on any atom is 0.269 e. The Morgan fingerprint density at radius 2 is 1.87 bits per heavy atom. The Hall–Kier alpha value is -1.95. The molecule has 7 heteroatoms. The number of anilines is 1. The number of benzene rings is 2. The third-order valence-electron chi connectivity index (χ3n) is 3.20. The highest BCUT2D eigenvalue weighted by atomic mass is 35.5. The van der Waals surface area contributed by atoms with E-state index in [9.17, 15) is 4.79 Å². The molecule has 1 aromatic heterocycles. The van der Waals surface area contributed by atoms with Crippen LogP contribution in [0.4, 0.5) is 5.69 Å². The molecule has 0 bridgehead atoms. The summed E-state index contributed by atoms with van der Waals surface area (Å²) in [6.07, 6.45) is 0. The molecule has 0 radical (unpaired) electrons. The molecule has 0 saturated heterocycles. The quantitative estimate of drug-likeness (QED) is 0.706. The molecule has 2 aromatic carbocycles. The maximum absolute atomic E-state index is 12.5. The molecule has 23 heavy (non-hydrogen) atoms. The van der Waals surface area contributed by atoms with Gasteiger partial charge in [-0.1, -0.05) is 57.5 Å². The molecule has 1 heterocycles. The second kappa shape index (κ2) is 6.66. The summed E-state index contributed by atoms with van der Waals surface area (Å²) in [6, 6.07) is 12.6. The highest BCUT2D eigenvalue weighted by molar-refractivity contribution is 7.08. The number of hydrogen-bond acceptors (Lipinski definition) is 4.